The minimum atomic E-state index is -0.255. The largest absolute Gasteiger partial charge is 0.393 e. The van der Waals surface area contributed by atoms with Crippen molar-refractivity contribution in [1.82, 2.24) is 9.55 Å². The summed E-state index contributed by atoms with van der Waals surface area (Å²) < 4.78 is 1.77. The van der Waals surface area contributed by atoms with Gasteiger partial charge in [-0.2, -0.15) is 0 Å². The normalized spacial score (nSPS) is 30.6. The Kier molecular flexibility index (Phi) is 3.19. The van der Waals surface area contributed by atoms with Crippen molar-refractivity contribution < 1.29 is 5.11 Å². The van der Waals surface area contributed by atoms with Gasteiger partial charge in [0, 0.05) is 17.9 Å². The van der Waals surface area contributed by atoms with Gasteiger partial charge in [0.05, 0.1) is 6.10 Å². The molecule has 0 bridgehead atoms. The Morgan fingerprint density at radius 1 is 1.56 bits per heavy atom. The maximum absolute atomic E-state index is 11.7. The lowest BCUT2D eigenvalue weighted by Gasteiger charge is -2.34. The van der Waals surface area contributed by atoms with Gasteiger partial charge in [0.25, 0.3) is 0 Å². The van der Waals surface area contributed by atoms with Crippen molar-refractivity contribution in [3.05, 3.63) is 22.4 Å². The average Bonchev–Trinajstić information content (AvgIpc) is 2.57. The highest BCUT2D eigenvalue weighted by atomic mass is 16.3. The lowest BCUT2D eigenvalue weighted by atomic mass is 9.81. The third-order valence-electron chi connectivity index (χ3n) is 3.68. The van der Waals surface area contributed by atoms with E-state index in [-0.39, 0.29) is 17.8 Å². The first-order chi connectivity index (χ1) is 7.61. The molecule has 3 atom stereocenters. The number of imidazole rings is 1. The van der Waals surface area contributed by atoms with E-state index in [4.69, 9.17) is 0 Å². The summed E-state index contributed by atoms with van der Waals surface area (Å²) in [4.78, 5) is 14.5. The van der Waals surface area contributed by atoms with Crippen LogP contribution in [0.4, 0.5) is 0 Å². The second-order valence-corrected chi connectivity index (χ2v) is 4.85. The molecule has 3 unspecified atom stereocenters. The van der Waals surface area contributed by atoms with E-state index in [2.05, 4.69) is 11.9 Å². The zero-order valence-electron chi connectivity index (χ0n) is 9.94. The number of aromatic amines is 1. The van der Waals surface area contributed by atoms with Crippen LogP contribution < -0.4 is 5.69 Å². The number of hydrogen-bond acceptors (Lipinski definition) is 2. The average molecular weight is 224 g/mol. The number of aryl methyl sites for hydroxylation is 1. The third-order valence-corrected chi connectivity index (χ3v) is 3.68. The first-order valence-corrected chi connectivity index (χ1v) is 6.07. The summed E-state index contributed by atoms with van der Waals surface area (Å²) >= 11 is 0. The molecule has 0 spiro atoms. The molecule has 0 aliphatic heterocycles. The molecule has 1 aromatic heterocycles. The van der Waals surface area contributed by atoms with Crippen LogP contribution in [-0.4, -0.2) is 20.8 Å². The summed E-state index contributed by atoms with van der Waals surface area (Å²) in [5, 5.41) is 9.73. The highest BCUT2D eigenvalue weighted by Gasteiger charge is 2.30. The van der Waals surface area contributed by atoms with Crippen LogP contribution in [0.25, 0.3) is 0 Å². The van der Waals surface area contributed by atoms with Crippen LogP contribution in [0.15, 0.2) is 11.0 Å². The Morgan fingerprint density at radius 2 is 2.31 bits per heavy atom. The van der Waals surface area contributed by atoms with Crippen molar-refractivity contribution in [2.45, 2.75) is 51.7 Å². The smallest absolute Gasteiger partial charge is 0.325 e. The van der Waals surface area contributed by atoms with Crippen LogP contribution in [0, 0.1) is 12.8 Å². The fraction of sp³-hybridized carbons (Fsp3) is 0.750. The highest BCUT2D eigenvalue weighted by molar-refractivity contribution is 4.97. The number of nitrogens with zero attached hydrogens (tertiary/aromatic N) is 1. The van der Waals surface area contributed by atoms with E-state index in [1.54, 1.807) is 4.57 Å². The summed E-state index contributed by atoms with van der Waals surface area (Å²) in [6.07, 6.45) is 5.26. The van der Waals surface area contributed by atoms with Gasteiger partial charge in [-0.1, -0.05) is 13.3 Å². The minimum absolute atomic E-state index is 0.0462. The van der Waals surface area contributed by atoms with Crippen molar-refractivity contribution >= 4 is 0 Å². The number of aliphatic hydroxyl groups is 1. The monoisotopic (exact) mass is 224 g/mol. The molecule has 0 saturated heterocycles. The van der Waals surface area contributed by atoms with Gasteiger partial charge < -0.3 is 10.1 Å². The molecular weight excluding hydrogens is 204 g/mol. The molecule has 0 radical (unpaired) electrons. The van der Waals surface area contributed by atoms with E-state index in [1.165, 1.54) is 0 Å². The molecule has 1 heterocycles. The summed E-state index contributed by atoms with van der Waals surface area (Å²) in [5.41, 5.74) is 0.843. The zero-order chi connectivity index (χ0) is 11.7. The van der Waals surface area contributed by atoms with Crippen molar-refractivity contribution in [2.24, 2.45) is 5.92 Å². The SMILES string of the molecule is CCC1CCC(O)CC1n1cc(C)[nH]c1=O. The molecule has 1 fully saturated rings. The van der Waals surface area contributed by atoms with E-state index in [0.717, 1.165) is 25.0 Å². The predicted octanol–water partition coefficient (Wildman–Crippen LogP) is 1.60. The molecule has 0 aromatic carbocycles. The molecule has 1 aliphatic carbocycles. The number of aromatic nitrogens is 2. The second kappa shape index (κ2) is 4.45. The fourth-order valence-corrected chi connectivity index (χ4v) is 2.78. The number of nitrogens with one attached hydrogen (secondary N) is 1. The lowest BCUT2D eigenvalue weighted by molar-refractivity contribution is 0.0702. The van der Waals surface area contributed by atoms with Crippen molar-refractivity contribution in [1.29, 1.82) is 0 Å². The van der Waals surface area contributed by atoms with Gasteiger partial charge in [-0.15, -0.1) is 0 Å². The molecule has 4 nitrogen and oxygen atoms in total. The third kappa shape index (κ3) is 2.07. The van der Waals surface area contributed by atoms with Crippen LogP contribution in [0.2, 0.25) is 0 Å². The summed E-state index contributed by atoms with van der Waals surface area (Å²) in [5.74, 6) is 0.510. The maximum atomic E-state index is 11.7. The molecule has 4 heteroatoms. The molecular formula is C12H20N2O2. The molecule has 2 N–H and O–H groups in total. The molecule has 1 aromatic rings. The molecule has 0 amide bonds. The molecule has 1 saturated carbocycles. The Bertz CT molecular complexity index is 407. The van der Waals surface area contributed by atoms with Gasteiger partial charge >= 0.3 is 5.69 Å². The Balaban J connectivity index is 2.29. The number of hydrogen-bond donors (Lipinski definition) is 2. The van der Waals surface area contributed by atoms with Crippen LogP contribution in [0.3, 0.4) is 0 Å². The summed E-state index contributed by atoms with van der Waals surface area (Å²) in [7, 11) is 0. The van der Waals surface area contributed by atoms with Crippen LogP contribution in [0.1, 0.15) is 44.3 Å². The van der Waals surface area contributed by atoms with Gasteiger partial charge in [-0.3, -0.25) is 4.57 Å². The Hall–Kier alpha value is -1.03. The Labute approximate surface area is 95.3 Å². The van der Waals surface area contributed by atoms with Crippen LogP contribution >= 0.6 is 0 Å². The first kappa shape index (κ1) is 11.5. The first-order valence-electron chi connectivity index (χ1n) is 6.07. The number of H-pyrrole nitrogens is 1. The molecule has 16 heavy (non-hydrogen) atoms. The van der Waals surface area contributed by atoms with Gasteiger partial charge in [0.15, 0.2) is 0 Å². The van der Waals surface area contributed by atoms with E-state index in [0.29, 0.717) is 12.3 Å². The van der Waals surface area contributed by atoms with Gasteiger partial charge in [0.1, 0.15) is 0 Å². The maximum Gasteiger partial charge on any atom is 0.325 e. The number of rotatable bonds is 2. The van der Waals surface area contributed by atoms with Crippen molar-refractivity contribution in [3.8, 4) is 0 Å². The van der Waals surface area contributed by atoms with E-state index in [1.807, 2.05) is 13.1 Å². The lowest BCUT2D eigenvalue weighted by Crippen LogP contribution is -2.34. The molecule has 2 rings (SSSR count). The van der Waals surface area contributed by atoms with Gasteiger partial charge in [0.2, 0.25) is 0 Å². The fourth-order valence-electron chi connectivity index (χ4n) is 2.78. The van der Waals surface area contributed by atoms with Crippen molar-refractivity contribution in [3.63, 3.8) is 0 Å². The second-order valence-electron chi connectivity index (χ2n) is 4.85. The van der Waals surface area contributed by atoms with E-state index >= 15 is 0 Å². The molecule has 1 aliphatic rings. The Morgan fingerprint density at radius 3 is 2.88 bits per heavy atom. The highest BCUT2D eigenvalue weighted by Crippen LogP contribution is 2.35. The standard InChI is InChI=1S/C12H20N2O2/c1-3-9-4-5-10(15)6-11(9)14-7-8(2)13-12(14)16/h7,9-11,15H,3-6H2,1-2H3,(H,13,16). The number of aliphatic hydroxyl groups excluding tert-OH is 1. The minimum Gasteiger partial charge on any atom is -0.393 e. The van der Waals surface area contributed by atoms with Crippen LogP contribution in [0.5, 0.6) is 0 Å². The quantitative estimate of drug-likeness (QED) is 0.801. The van der Waals surface area contributed by atoms with Crippen molar-refractivity contribution in [2.75, 3.05) is 0 Å². The van der Waals surface area contributed by atoms with Gasteiger partial charge in [-0.05, 0) is 32.1 Å². The van der Waals surface area contributed by atoms with E-state index < -0.39 is 0 Å². The van der Waals surface area contributed by atoms with E-state index in [9.17, 15) is 9.90 Å². The molecule has 90 valence electrons. The zero-order valence-corrected chi connectivity index (χ0v) is 9.94. The predicted molar refractivity (Wildman–Crippen MR) is 62.5 cm³/mol. The summed E-state index contributed by atoms with van der Waals surface area (Å²) in [6.45, 7) is 4.04. The topological polar surface area (TPSA) is 58.0 Å². The van der Waals surface area contributed by atoms with Gasteiger partial charge in [-0.25, -0.2) is 4.79 Å². The summed E-state index contributed by atoms with van der Waals surface area (Å²) in [6, 6.07) is 0.159. The van der Waals surface area contributed by atoms with Crippen LogP contribution in [-0.2, 0) is 0 Å².